The lowest BCUT2D eigenvalue weighted by molar-refractivity contribution is 0.0768. The topological polar surface area (TPSA) is 20.3 Å². The third-order valence-corrected chi connectivity index (χ3v) is 3.24. The molecule has 0 bridgehead atoms. The second kappa shape index (κ2) is 3.69. The van der Waals surface area contributed by atoms with Gasteiger partial charge < -0.3 is 4.90 Å². The van der Waals surface area contributed by atoms with E-state index in [9.17, 15) is 4.79 Å². The third-order valence-electron chi connectivity index (χ3n) is 3.24. The van der Waals surface area contributed by atoms with Gasteiger partial charge in [0.05, 0.1) is 6.04 Å². The zero-order valence-corrected chi connectivity index (χ0v) is 9.58. The van der Waals surface area contributed by atoms with Crippen LogP contribution in [0.5, 0.6) is 0 Å². The summed E-state index contributed by atoms with van der Waals surface area (Å²) in [7, 11) is 1.90. The van der Waals surface area contributed by atoms with Gasteiger partial charge in [0.1, 0.15) is 0 Å². The number of carbonyl (C=O) groups excluding carboxylic acids is 1. The second-order valence-electron chi connectivity index (χ2n) is 4.26. The summed E-state index contributed by atoms with van der Waals surface area (Å²) in [5, 5.41) is 0. The van der Waals surface area contributed by atoms with Gasteiger partial charge in [0.15, 0.2) is 0 Å². The molecular formula is C13H17NO. The first-order valence-corrected chi connectivity index (χ1v) is 5.53. The molecular weight excluding hydrogens is 186 g/mol. The number of carbonyl (C=O) groups is 1. The van der Waals surface area contributed by atoms with E-state index in [4.69, 9.17) is 0 Å². The Morgan fingerprint density at radius 1 is 1.40 bits per heavy atom. The van der Waals surface area contributed by atoms with Gasteiger partial charge in [-0.2, -0.15) is 0 Å². The van der Waals surface area contributed by atoms with Gasteiger partial charge in [-0.05, 0) is 30.5 Å². The van der Waals surface area contributed by atoms with Crippen LogP contribution in [-0.2, 0) is 0 Å². The van der Waals surface area contributed by atoms with Crippen LogP contribution < -0.4 is 0 Å². The summed E-state index contributed by atoms with van der Waals surface area (Å²) in [5.74, 6) is 0.173. The Bertz CT molecular complexity index is 398. The van der Waals surface area contributed by atoms with E-state index in [-0.39, 0.29) is 5.91 Å². The molecule has 1 aromatic rings. The zero-order chi connectivity index (χ0) is 11.0. The summed E-state index contributed by atoms with van der Waals surface area (Å²) >= 11 is 0. The van der Waals surface area contributed by atoms with Crippen molar-refractivity contribution in [3.05, 3.63) is 34.9 Å². The summed E-state index contributed by atoms with van der Waals surface area (Å²) < 4.78 is 0. The molecule has 0 N–H and O–H groups in total. The standard InChI is InChI=1S/C13H17NO/c1-4-6-11-12-9(2)7-5-8-10(12)13(15)14(11)3/h5,7-8,11H,4,6H2,1-3H3. The van der Waals surface area contributed by atoms with Gasteiger partial charge in [-0.25, -0.2) is 0 Å². The summed E-state index contributed by atoms with van der Waals surface area (Å²) in [4.78, 5) is 13.8. The molecule has 0 radical (unpaired) electrons. The van der Waals surface area contributed by atoms with Crippen molar-refractivity contribution in [3.8, 4) is 0 Å². The van der Waals surface area contributed by atoms with Crippen molar-refractivity contribution in [1.29, 1.82) is 0 Å². The quantitative estimate of drug-likeness (QED) is 0.723. The molecule has 0 spiro atoms. The average Bonchev–Trinajstić information content (AvgIpc) is 2.46. The Hall–Kier alpha value is -1.31. The van der Waals surface area contributed by atoms with Crippen LogP contribution in [0.4, 0.5) is 0 Å². The van der Waals surface area contributed by atoms with Gasteiger partial charge in [-0.1, -0.05) is 25.5 Å². The average molecular weight is 203 g/mol. The van der Waals surface area contributed by atoms with Gasteiger partial charge >= 0.3 is 0 Å². The maximum Gasteiger partial charge on any atom is 0.254 e. The molecule has 1 amide bonds. The first-order chi connectivity index (χ1) is 7.16. The lowest BCUT2D eigenvalue weighted by Crippen LogP contribution is -2.22. The Labute approximate surface area is 90.9 Å². The molecule has 2 rings (SSSR count). The molecule has 0 saturated carbocycles. The van der Waals surface area contributed by atoms with Crippen molar-refractivity contribution in [2.45, 2.75) is 32.7 Å². The maximum atomic E-state index is 12.0. The van der Waals surface area contributed by atoms with Crippen LogP contribution in [0.15, 0.2) is 18.2 Å². The van der Waals surface area contributed by atoms with Crippen molar-refractivity contribution in [1.82, 2.24) is 4.90 Å². The number of nitrogens with zero attached hydrogens (tertiary/aromatic N) is 1. The highest BCUT2D eigenvalue weighted by molar-refractivity contribution is 5.99. The molecule has 80 valence electrons. The SMILES string of the molecule is CCCC1c2c(C)cccc2C(=O)N1C. The molecule has 1 aliphatic rings. The fourth-order valence-corrected chi connectivity index (χ4v) is 2.45. The van der Waals surface area contributed by atoms with E-state index in [1.165, 1.54) is 11.1 Å². The molecule has 1 heterocycles. The predicted molar refractivity (Wildman–Crippen MR) is 60.9 cm³/mol. The van der Waals surface area contributed by atoms with Gasteiger partial charge in [0, 0.05) is 12.6 Å². The summed E-state index contributed by atoms with van der Waals surface area (Å²) in [6.45, 7) is 4.25. The highest BCUT2D eigenvalue weighted by Crippen LogP contribution is 2.37. The van der Waals surface area contributed by atoms with Gasteiger partial charge in [0.2, 0.25) is 0 Å². The molecule has 2 heteroatoms. The van der Waals surface area contributed by atoms with Crippen LogP contribution >= 0.6 is 0 Å². The van der Waals surface area contributed by atoms with Gasteiger partial charge in [-0.3, -0.25) is 4.79 Å². The minimum atomic E-state index is 0.173. The predicted octanol–water partition coefficient (Wildman–Crippen LogP) is 2.92. The molecule has 2 nitrogen and oxygen atoms in total. The van der Waals surface area contributed by atoms with Crippen LogP contribution in [0.2, 0.25) is 0 Å². The number of aryl methyl sites for hydroxylation is 1. The lowest BCUT2D eigenvalue weighted by Gasteiger charge is -2.20. The van der Waals surface area contributed by atoms with Crippen molar-refractivity contribution in [3.63, 3.8) is 0 Å². The van der Waals surface area contributed by atoms with Crippen molar-refractivity contribution in [2.75, 3.05) is 7.05 Å². The van der Waals surface area contributed by atoms with E-state index >= 15 is 0 Å². The largest absolute Gasteiger partial charge is 0.335 e. The normalized spacial score (nSPS) is 19.5. The first kappa shape index (κ1) is 10.2. The van der Waals surface area contributed by atoms with E-state index in [0.29, 0.717) is 6.04 Å². The second-order valence-corrected chi connectivity index (χ2v) is 4.26. The molecule has 1 aliphatic heterocycles. The fourth-order valence-electron chi connectivity index (χ4n) is 2.45. The molecule has 0 aliphatic carbocycles. The molecule has 1 aromatic carbocycles. The molecule has 1 atom stereocenters. The molecule has 0 saturated heterocycles. The zero-order valence-electron chi connectivity index (χ0n) is 9.58. The van der Waals surface area contributed by atoms with Crippen molar-refractivity contribution >= 4 is 5.91 Å². The fraction of sp³-hybridized carbons (Fsp3) is 0.462. The van der Waals surface area contributed by atoms with E-state index < -0.39 is 0 Å². The van der Waals surface area contributed by atoms with Crippen LogP contribution in [0.25, 0.3) is 0 Å². The van der Waals surface area contributed by atoms with Crippen molar-refractivity contribution < 1.29 is 4.79 Å². The van der Waals surface area contributed by atoms with Crippen LogP contribution in [0, 0.1) is 6.92 Å². The summed E-state index contributed by atoms with van der Waals surface area (Å²) in [6, 6.07) is 6.29. The number of amides is 1. The maximum absolute atomic E-state index is 12.0. The smallest absolute Gasteiger partial charge is 0.254 e. The molecule has 1 unspecified atom stereocenters. The van der Waals surface area contributed by atoms with Crippen LogP contribution in [-0.4, -0.2) is 17.9 Å². The first-order valence-electron chi connectivity index (χ1n) is 5.53. The van der Waals surface area contributed by atoms with Crippen molar-refractivity contribution in [2.24, 2.45) is 0 Å². The molecule has 15 heavy (non-hydrogen) atoms. The lowest BCUT2D eigenvalue weighted by atomic mass is 9.96. The number of fused-ring (bicyclic) bond motifs is 1. The Balaban J connectivity index is 2.51. The minimum absolute atomic E-state index is 0.173. The number of benzene rings is 1. The Morgan fingerprint density at radius 3 is 2.80 bits per heavy atom. The molecule has 0 aromatic heterocycles. The highest BCUT2D eigenvalue weighted by Gasteiger charge is 2.34. The number of rotatable bonds is 2. The van der Waals surface area contributed by atoms with Gasteiger partial charge in [-0.15, -0.1) is 0 Å². The van der Waals surface area contributed by atoms with E-state index in [1.54, 1.807) is 0 Å². The van der Waals surface area contributed by atoms with E-state index in [1.807, 2.05) is 24.1 Å². The van der Waals surface area contributed by atoms with E-state index in [2.05, 4.69) is 19.9 Å². The summed E-state index contributed by atoms with van der Waals surface area (Å²) in [6.07, 6.45) is 2.16. The number of hydrogen-bond donors (Lipinski definition) is 0. The molecule has 0 fully saturated rings. The Morgan fingerprint density at radius 2 is 2.13 bits per heavy atom. The van der Waals surface area contributed by atoms with Gasteiger partial charge in [0.25, 0.3) is 5.91 Å². The van der Waals surface area contributed by atoms with Crippen LogP contribution in [0.3, 0.4) is 0 Å². The number of hydrogen-bond acceptors (Lipinski definition) is 1. The highest BCUT2D eigenvalue weighted by atomic mass is 16.2. The minimum Gasteiger partial charge on any atom is -0.335 e. The van der Waals surface area contributed by atoms with E-state index in [0.717, 1.165) is 18.4 Å². The monoisotopic (exact) mass is 203 g/mol. The van der Waals surface area contributed by atoms with Crippen LogP contribution in [0.1, 0.15) is 47.3 Å². The summed E-state index contributed by atoms with van der Waals surface area (Å²) in [5.41, 5.74) is 3.38. The third kappa shape index (κ3) is 1.44. The Kier molecular flexibility index (Phi) is 2.51.